The van der Waals surface area contributed by atoms with E-state index in [2.05, 4.69) is 150 Å². The average Bonchev–Trinajstić information content (AvgIpc) is 3.39. The minimum Gasteiger partial charge on any atom is -0.278 e. The zero-order valence-corrected chi connectivity index (χ0v) is 24.3. The maximum Gasteiger partial charge on any atom is 0.235 e. The zero-order valence-electron chi connectivity index (χ0n) is 24.3. The van der Waals surface area contributed by atoms with E-state index in [1.54, 1.807) is 0 Å². The summed E-state index contributed by atoms with van der Waals surface area (Å²) in [5, 5.41) is 7.46. The Morgan fingerprint density at radius 3 is 1.56 bits per heavy atom. The molecule has 3 nitrogen and oxygen atoms in total. The van der Waals surface area contributed by atoms with Crippen LogP contribution >= 0.6 is 0 Å². The molecular weight excluding hydrogens is 546 g/mol. The first-order chi connectivity index (χ1) is 22.3. The summed E-state index contributed by atoms with van der Waals surface area (Å²) in [5.74, 6) is 0.667. The van der Waals surface area contributed by atoms with Crippen LogP contribution in [0.3, 0.4) is 0 Å². The summed E-state index contributed by atoms with van der Waals surface area (Å²) in [6.45, 7) is 0. The summed E-state index contributed by atoms with van der Waals surface area (Å²) < 4.78 is 2.27. The van der Waals surface area contributed by atoms with Crippen molar-refractivity contribution < 1.29 is 0 Å². The van der Waals surface area contributed by atoms with Gasteiger partial charge in [0.1, 0.15) is 0 Å². The molecular formula is C42H25N3. The van der Waals surface area contributed by atoms with Crippen molar-refractivity contribution in [3.63, 3.8) is 0 Å². The molecule has 0 saturated carbocycles. The SMILES string of the molecule is c1ccc(-c2cc(-c3ccc4ccccc4c3)nc(-n3c4cccc5c4c4c(cccc43)-c3cccc4cccc-5c34)n2)cc1. The minimum atomic E-state index is 0.667. The molecule has 3 heteroatoms. The maximum atomic E-state index is 5.32. The summed E-state index contributed by atoms with van der Waals surface area (Å²) in [6, 6.07) is 54.2. The maximum absolute atomic E-state index is 5.32. The number of fused-ring (bicyclic) bond motifs is 3. The van der Waals surface area contributed by atoms with Crippen molar-refractivity contribution in [3.05, 3.63) is 152 Å². The van der Waals surface area contributed by atoms with Gasteiger partial charge in [-0.15, -0.1) is 0 Å². The van der Waals surface area contributed by atoms with Gasteiger partial charge < -0.3 is 0 Å². The molecule has 2 heterocycles. The molecule has 0 atom stereocenters. The number of aromatic nitrogens is 3. The van der Waals surface area contributed by atoms with Gasteiger partial charge in [0.2, 0.25) is 5.95 Å². The van der Waals surface area contributed by atoms with E-state index >= 15 is 0 Å². The third kappa shape index (κ3) is 3.52. The first kappa shape index (κ1) is 24.4. The van der Waals surface area contributed by atoms with Gasteiger partial charge in [0.15, 0.2) is 0 Å². The molecule has 1 aliphatic carbocycles. The van der Waals surface area contributed by atoms with Gasteiger partial charge in [0, 0.05) is 21.9 Å². The largest absolute Gasteiger partial charge is 0.278 e. The molecule has 45 heavy (non-hydrogen) atoms. The second-order valence-corrected chi connectivity index (χ2v) is 11.8. The number of nitrogens with zero attached hydrogens (tertiary/aromatic N) is 3. The van der Waals surface area contributed by atoms with Gasteiger partial charge in [0.05, 0.1) is 22.4 Å². The highest BCUT2D eigenvalue weighted by Crippen LogP contribution is 2.49. The Labute approximate surface area is 259 Å². The van der Waals surface area contributed by atoms with E-state index in [0.29, 0.717) is 5.95 Å². The standard InChI is InChI=1S/C42H25N3/c1-2-11-27(12-3-1)35-25-36(30-23-22-26-10-4-5-13-29(26)24-30)44-42(43-35)45-37-20-8-18-33-31-16-6-14-28-15-7-17-32(39(28)31)34-19-9-21-38(45)41(34)40(33)37/h1-25H. The number of hydrogen-bond acceptors (Lipinski definition) is 2. The lowest BCUT2D eigenvalue weighted by Crippen LogP contribution is -2.04. The van der Waals surface area contributed by atoms with E-state index < -0.39 is 0 Å². The van der Waals surface area contributed by atoms with E-state index in [1.165, 1.54) is 54.6 Å². The van der Waals surface area contributed by atoms with Gasteiger partial charge in [-0.25, -0.2) is 9.97 Å². The molecule has 0 amide bonds. The fourth-order valence-electron chi connectivity index (χ4n) is 7.35. The van der Waals surface area contributed by atoms with Crippen LogP contribution in [0.1, 0.15) is 0 Å². The van der Waals surface area contributed by atoms with Crippen molar-refractivity contribution in [2.75, 3.05) is 0 Å². The first-order valence-corrected chi connectivity index (χ1v) is 15.3. The first-order valence-electron chi connectivity index (χ1n) is 15.3. The Bertz CT molecular complexity index is 2550. The third-order valence-electron chi connectivity index (χ3n) is 9.33. The van der Waals surface area contributed by atoms with E-state index in [9.17, 15) is 0 Å². The molecule has 0 N–H and O–H groups in total. The van der Waals surface area contributed by atoms with Crippen LogP contribution in [0.15, 0.2) is 152 Å². The molecule has 2 aromatic heterocycles. The van der Waals surface area contributed by atoms with Gasteiger partial charge in [-0.05, 0) is 68.1 Å². The van der Waals surface area contributed by atoms with Crippen molar-refractivity contribution in [1.82, 2.24) is 14.5 Å². The second-order valence-electron chi connectivity index (χ2n) is 11.8. The van der Waals surface area contributed by atoms with Crippen molar-refractivity contribution in [3.8, 4) is 50.7 Å². The summed E-state index contributed by atoms with van der Waals surface area (Å²) >= 11 is 0. The smallest absolute Gasteiger partial charge is 0.235 e. The number of rotatable bonds is 3. The molecule has 9 aromatic rings. The Hall–Kier alpha value is -6.06. The van der Waals surface area contributed by atoms with Crippen LogP contribution in [0, 0.1) is 0 Å². The highest BCUT2D eigenvalue weighted by atomic mass is 15.2. The van der Waals surface area contributed by atoms with Gasteiger partial charge in [-0.2, -0.15) is 0 Å². The van der Waals surface area contributed by atoms with Crippen LogP contribution in [-0.4, -0.2) is 14.5 Å². The molecule has 0 unspecified atom stereocenters. The van der Waals surface area contributed by atoms with Gasteiger partial charge in [-0.1, -0.05) is 127 Å². The molecule has 0 saturated heterocycles. The van der Waals surface area contributed by atoms with Gasteiger partial charge >= 0.3 is 0 Å². The predicted octanol–water partition coefficient (Wildman–Crippen LogP) is 10.9. The summed E-state index contributed by atoms with van der Waals surface area (Å²) in [4.78, 5) is 10.6. The van der Waals surface area contributed by atoms with E-state index in [0.717, 1.165) is 33.5 Å². The lowest BCUT2D eigenvalue weighted by atomic mass is 9.93. The molecule has 0 aliphatic heterocycles. The van der Waals surface area contributed by atoms with Crippen molar-refractivity contribution >= 4 is 43.4 Å². The molecule has 10 rings (SSSR count). The second kappa shape index (κ2) is 9.22. The molecule has 208 valence electrons. The van der Waals surface area contributed by atoms with Crippen LogP contribution < -0.4 is 0 Å². The molecule has 1 aliphatic rings. The third-order valence-corrected chi connectivity index (χ3v) is 9.33. The molecule has 0 spiro atoms. The normalized spacial score (nSPS) is 12.0. The Morgan fingerprint density at radius 1 is 0.356 bits per heavy atom. The fraction of sp³-hybridized carbons (Fsp3) is 0. The molecule has 0 bridgehead atoms. The molecule has 7 aromatic carbocycles. The highest BCUT2D eigenvalue weighted by molar-refractivity contribution is 6.27. The van der Waals surface area contributed by atoms with E-state index in [-0.39, 0.29) is 0 Å². The number of hydrogen-bond donors (Lipinski definition) is 0. The highest BCUT2D eigenvalue weighted by Gasteiger charge is 2.25. The monoisotopic (exact) mass is 571 g/mol. The average molecular weight is 572 g/mol. The quantitative estimate of drug-likeness (QED) is 0.211. The Kier molecular flexibility index (Phi) is 5.00. The lowest BCUT2D eigenvalue weighted by molar-refractivity contribution is 0.996. The van der Waals surface area contributed by atoms with Crippen molar-refractivity contribution in [2.24, 2.45) is 0 Å². The summed E-state index contributed by atoms with van der Waals surface area (Å²) in [5.41, 5.74) is 11.2. The zero-order chi connectivity index (χ0) is 29.5. The molecule has 0 fully saturated rings. The predicted molar refractivity (Wildman–Crippen MR) is 187 cm³/mol. The topological polar surface area (TPSA) is 30.7 Å². The lowest BCUT2D eigenvalue weighted by Gasteiger charge is -2.14. The van der Waals surface area contributed by atoms with E-state index in [1.807, 2.05) is 6.07 Å². The Morgan fingerprint density at radius 2 is 0.889 bits per heavy atom. The van der Waals surface area contributed by atoms with Gasteiger partial charge in [-0.3, -0.25) is 4.57 Å². The van der Waals surface area contributed by atoms with Crippen LogP contribution in [0.25, 0.3) is 94.1 Å². The summed E-state index contributed by atoms with van der Waals surface area (Å²) in [7, 11) is 0. The van der Waals surface area contributed by atoms with Crippen LogP contribution in [-0.2, 0) is 0 Å². The number of benzene rings is 7. The van der Waals surface area contributed by atoms with Crippen molar-refractivity contribution in [1.29, 1.82) is 0 Å². The fourth-order valence-corrected chi connectivity index (χ4v) is 7.35. The van der Waals surface area contributed by atoms with Gasteiger partial charge in [0.25, 0.3) is 0 Å². The summed E-state index contributed by atoms with van der Waals surface area (Å²) in [6.07, 6.45) is 0. The minimum absolute atomic E-state index is 0.667. The van der Waals surface area contributed by atoms with Crippen LogP contribution in [0.4, 0.5) is 0 Å². The van der Waals surface area contributed by atoms with Crippen LogP contribution in [0.2, 0.25) is 0 Å². The molecule has 0 radical (unpaired) electrons. The Balaban J connectivity index is 1.32. The van der Waals surface area contributed by atoms with Crippen LogP contribution in [0.5, 0.6) is 0 Å². The van der Waals surface area contributed by atoms with Crippen molar-refractivity contribution in [2.45, 2.75) is 0 Å². The van der Waals surface area contributed by atoms with E-state index in [4.69, 9.17) is 9.97 Å².